The summed E-state index contributed by atoms with van der Waals surface area (Å²) in [6, 6.07) is 44.9. The van der Waals surface area contributed by atoms with Crippen LogP contribution in [0.1, 0.15) is 32.3 Å². The zero-order valence-corrected chi connectivity index (χ0v) is 33.1. The molecule has 4 aromatic carbocycles. The molecule has 0 bridgehead atoms. The Labute approximate surface area is 300 Å². The minimum absolute atomic E-state index is 0. The fourth-order valence-electron chi connectivity index (χ4n) is 5.54. The first-order chi connectivity index (χ1) is 22.2. The number of fused-ring (bicyclic) bond motifs is 3. The summed E-state index contributed by atoms with van der Waals surface area (Å²) in [5.74, 6) is 8.24. The Kier molecular flexibility index (Phi) is 11.3. The first-order valence-corrected chi connectivity index (χ1v) is 24.2. The van der Waals surface area contributed by atoms with Gasteiger partial charge in [-0.3, -0.25) is 0 Å². The van der Waals surface area contributed by atoms with E-state index in [2.05, 4.69) is 134 Å². The van der Waals surface area contributed by atoms with E-state index in [1.807, 2.05) is 54.1 Å². The average Bonchev–Trinajstić information content (AvgIpc) is 3.47. The van der Waals surface area contributed by atoms with E-state index >= 15 is 0 Å². The van der Waals surface area contributed by atoms with Gasteiger partial charge in [0.15, 0.2) is 0 Å². The molecule has 3 aromatic heterocycles. The summed E-state index contributed by atoms with van der Waals surface area (Å²) in [5, 5.41) is 2.59. The van der Waals surface area contributed by atoms with Crippen LogP contribution in [0.15, 0.2) is 122 Å². The van der Waals surface area contributed by atoms with Crippen molar-refractivity contribution in [2.75, 3.05) is 0 Å². The number of nitrogens with zero attached hydrogens (tertiary/aromatic N) is 2. The maximum Gasteiger partial charge on any atom is 0 e. The van der Waals surface area contributed by atoms with E-state index in [1.54, 1.807) is 0 Å². The monoisotopic (exact) mass is 871 g/mol. The fraction of sp³-hybridized carbons (Fsp3) is 0.190. The number of thiophene rings is 1. The van der Waals surface area contributed by atoms with Crippen molar-refractivity contribution in [2.45, 2.75) is 44.0 Å². The number of pyridine rings is 2. The molecule has 1 atom stereocenters. The molecule has 0 aliphatic heterocycles. The van der Waals surface area contributed by atoms with Crippen molar-refractivity contribution in [1.82, 2.24) is 9.97 Å². The van der Waals surface area contributed by atoms with E-state index in [-0.39, 0.29) is 20.1 Å². The van der Waals surface area contributed by atoms with Gasteiger partial charge in [-0.1, -0.05) is 80.3 Å². The maximum atomic E-state index is 4.71. The number of benzene rings is 4. The van der Waals surface area contributed by atoms with Gasteiger partial charge in [0.1, 0.15) is 0 Å². The van der Waals surface area contributed by atoms with E-state index in [0.29, 0.717) is 11.8 Å². The van der Waals surface area contributed by atoms with E-state index in [4.69, 9.17) is 4.98 Å². The molecule has 0 aliphatic carbocycles. The van der Waals surface area contributed by atoms with Crippen molar-refractivity contribution >= 4 is 49.2 Å². The molecule has 7 aromatic rings. The zero-order chi connectivity index (χ0) is 32.3. The molecule has 0 spiro atoms. The summed E-state index contributed by atoms with van der Waals surface area (Å²) < 4.78 is 4.01. The molecule has 0 fully saturated rings. The molecule has 47 heavy (non-hydrogen) atoms. The summed E-state index contributed by atoms with van der Waals surface area (Å²) in [7, 11) is 0. The first kappa shape index (κ1) is 34.9. The Bertz CT molecular complexity index is 2060. The van der Waals surface area contributed by atoms with Crippen molar-refractivity contribution in [2.24, 2.45) is 5.92 Å². The molecule has 3 heterocycles. The summed E-state index contributed by atoms with van der Waals surface area (Å²) in [4.78, 5) is 9.24. The number of hydrogen-bond donors (Lipinski definition) is 0. The van der Waals surface area contributed by atoms with Gasteiger partial charge < -0.3 is 4.98 Å². The predicted molar refractivity (Wildman–Crippen MR) is 202 cm³/mol. The molecular formula is C42H40GeIrN2S-2. The van der Waals surface area contributed by atoms with Crippen LogP contribution in [0.2, 0.25) is 17.3 Å². The van der Waals surface area contributed by atoms with Crippen molar-refractivity contribution in [1.29, 1.82) is 0 Å². The average molecular weight is 870 g/mol. The van der Waals surface area contributed by atoms with Crippen LogP contribution < -0.4 is 4.40 Å². The molecule has 1 radical (unpaired) electrons. The van der Waals surface area contributed by atoms with Crippen LogP contribution in [0.4, 0.5) is 0 Å². The van der Waals surface area contributed by atoms with Crippen molar-refractivity contribution in [3.63, 3.8) is 0 Å². The number of aromatic nitrogens is 2. The smallest absolute Gasteiger partial charge is 0 e. The molecule has 0 amide bonds. The minimum atomic E-state index is -1.72. The summed E-state index contributed by atoms with van der Waals surface area (Å²) in [6.07, 6.45) is 3.98. The third kappa shape index (κ3) is 8.01. The number of hydrogen-bond acceptors (Lipinski definition) is 3. The Morgan fingerprint density at radius 3 is 2.15 bits per heavy atom. The maximum absolute atomic E-state index is 4.71. The topological polar surface area (TPSA) is 25.8 Å². The molecule has 7 rings (SSSR count). The van der Waals surface area contributed by atoms with Gasteiger partial charge in [-0.05, 0) is 50.9 Å². The summed E-state index contributed by atoms with van der Waals surface area (Å²) in [6.45, 7) is 6.83. The molecule has 239 valence electrons. The van der Waals surface area contributed by atoms with E-state index < -0.39 is 13.3 Å². The second-order valence-corrected chi connectivity index (χ2v) is 24.9. The molecule has 5 heteroatoms. The van der Waals surface area contributed by atoms with Crippen molar-refractivity contribution in [3.8, 4) is 33.6 Å². The van der Waals surface area contributed by atoms with Crippen LogP contribution in [-0.4, -0.2) is 23.2 Å². The van der Waals surface area contributed by atoms with Gasteiger partial charge in [0.2, 0.25) is 0 Å². The SMILES string of the molecule is CC(C)C(C)c1ccnc(-c2[c-]ccc3c2sc2cc(-c4ccccc4)ccc23)c1.[CH3][Ge]([CH3])([CH3])[c]1ccc(-c2[c-]cccc2)nc1.[Ir]. The third-order valence-electron chi connectivity index (χ3n) is 8.72. The van der Waals surface area contributed by atoms with Crippen molar-refractivity contribution < 1.29 is 20.1 Å². The molecule has 0 saturated carbocycles. The summed E-state index contributed by atoms with van der Waals surface area (Å²) >= 11 is 0.125. The van der Waals surface area contributed by atoms with Gasteiger partial charge in [-0.15, -0.1) is 23.8 Å². The van der Waals surface area contributed by atoms with E-state index in [1.165, 1.54) is 41.3 Å². The van der Waals surface area contributed by atoms with E-state index in [0.717, 1.165) is 22.5 Å². The molecule has 2 nitrogen and oxygen atoms in total. The normalized spacial score (nSPS) is 12.0. The molecule has 0 aliphatic rings. The van der Waals surface area contributed by atoms with Crippen LogP contribution >= 0.6 is 11.3 Å². The van der Waals surface area contributed by atoms with Crippen LogP contribution in [0.25, 0.3) is 53.8 Å². The van der Waals surface area contributed by atoms with Gasteiger partial charge in [-0.25, -0.2) is 0 Å². The third-order valence-corrected chi connectivity index (χ3v) is 14.2. The second-order valence-electron chi connectivity index (χ2n) is 13.2. The Balaban J connectivity index is 0.000000217. The van der Waals surface area contributed by atoms with Gasteiger partial charge in [0.25, 0.3) is 0 Å². The zero-order valence-electron chi connectivity index (χ0n) is 27.8. The van der Waals surface area contributed by atoms with Crippen molar-refractivity contribution in [3.05, 3.63) is 139 Å². The van der Waals surface area contributed by atoms with Gasteiger partial charge in [-0.2, -0.15) is 11.3 Å². The predicted octanol–water partition coefficient (Wildman–Crippen LogP) is 11.4. The quantitative estimate of drug-likeness (QED) is 0.123. The molecule has 0 saturated heterocycles. The van der Waals surface area contributed by atoms with Crippen LogP contribution in [0.5, 0.6) is 0 Å². The fourth-order valence-corrected chi connectivity index (χ4v) is 8.96. The molecule has 0 N–H and O–H groups in total. The van der Waals surface area contributed by atoms with Crippen LogP contribution in [-0.2, 0) is 20.1 Å². The second kappa shape index (κ2) is 15.2. The Morgan fingerprint density at radius 2 is 1.47 bits per heavy atom. The van der Waals surface area contributed by atoms with Crippen LogP contribution in [0, 0.1) is 18.1 Å². The standard InChI is InChI=1S/C28H24NS.C14H16GeN.Ir/c1-18(2)19(3)21-14-15-29-26(16-21)25-11-7-10-24-23-13-12-22(17-27(23)30-28(24)25)20-8-5-4-6-9-20;1-15(2,3)13-9-10-14(16-11-13)12-7-5-4-6-8-12;/h4-10,12-19H,1-3H3;4-7,9-11H,1-3H3;/q2*-1;. The van der Waals surface area contributed by atoms with E-state index in [9.17, 15) is 0 Å². The largest absolute Gasteiger partial charge is 0 e. The first-order valence-electron chi connectivity index (χ1n) is 16.0. The Hall–Kier alpha value is -3.41. The Morgan fingerprint density at radius 1 is 0.681 bits per heavy atom. The number of rotatable bonds is 6. The minimum Gasteiger partial charge on any atom is 0 e. The molecular weight excluding hydrogens is 829 g/mol. The molecule has 1 unspecified atom stereocenters. The van der Waals surface area contributed by atoms with Gasteiger partial charge in [0.05, 0.1) is 0 Å². The van der Waals surface area contributed by atoms with Gasteiger partial charge in [0, 0.05) is 31.0 Å². The summed E-state index contributed by atoms with van der Waals surface area (Å²) in [5.41, 5.74) is 8.04. The van der Waals surface area contributed by atoms with Crippen LogP contribution in [0.3, 0.4) is 0 Å². The van der Waals surface area contributed by atoms with Gasteiger partial charge >= 0.3 is 99.8 Å².